The number of carbonyl (C=O) groups excluding carboxylic acids is 1. The molecule has 5 nitrogen and oxygen atoms in total. The number of hydrogen-bond acceptors (Lipinski definition) is 4. The molecule has 2 heterocycles. The lowest BCUT2D eigenvalue weighted by atomic mass is 10.1. The van der Waals surface area contributed by atoms with Crippen molar-refractivity contribution < 1.29 is 9.53 Å². The van der Waals surface area contributed by atoms with Crippen LogP contribution in [0.3, 0.4) is 0 Å². The lowest BCUT2D eigenvalue weighted by Gasteiger charge is -2.08. The minimum Gasteiger partial charge on any atom is -0.461 e. The number of nitrogens with zero attached hydrogens (tertiary/aromatic N) is 3. The fourth-order valence-electron chi connectivity index (χ4n) is 2.85. The van der Waals surface area contributed by atoms with Crippen molar-refractivity contribution in [3.63, 3.8) is 0 Å². The van der Waals surface area contributed by atoms with E-state index in [-0.39, 0.29) is 19.0 Å². The molecule has 0 bridgehead atoms. The van der Waals surface area contributed by atoms with Gasteiger partial charge >= 0.3 is 5.97 Å². The number of benzene rings is 2. The summed E-state index contributed by atoms with van der Waals surface area (Å²) in [4.78, 5) is 16.6. The SMILES string of the molecule is O=C(Cc1cccc2cccnc12)OCc1ccc(-n2cccn2)cc1. The minimum atomic E-state index is -0.265. The average molecular weight is 343 g/mol. The van der Waals surface area contributed by atoms with E-state index >= 15 is 0 Å². The molecule has 0 amide bonds. The highest BCUT2D eigenvalue weighted by Crippen LogP contribution is 2.17. The van der Waals surface area contributed by atoms with Gasteiger partial charge < -0.3 is 4.74 Å². The van der Waals surface area contributed by atoms with Crippen molar-refractivity contribution >= 4 is 16.9 Å². The second kappa shape index (κ2) is 7.19. The van der Waals surface area contributed by atoms with Gasteiger partial charge in [0.1, 0.15) is 6.61 Å². The van der Waals surface area contributed by atoms with Gasteiger partial charge in [-0.3, -0.25) is 9.78 Å². The van der Waals surface area contributed by atoms with Crippen LogP contribution in [0.1, 0.15) is 11.1 Å². The molecule has 0 saturated carbocycles. The number of esters is 1. The van der Waals surface area contributed by atoms with Gasteiger partial charge in [0, 0.05) is 24.0 Å². The third-order valence-electron chi connectivity index (χ3n) is 4.16. The second-order valence-corrected chi connectivity index (χ2v) is 5.95. The molecule has 0 aliphatic carbocycles. The van der Waals surface area contributed by atoms with Crippen LogP contribution in [0.25, 0.3) is 16.6 Å². The predicted molar refractivity (Wildman–Crippen MR) is 98.8 cm³/mol. The van der Waals surface area contributed by atoms with Crippen molar-refractivity contribution in [2.24, 2.45) is 0 Å². The van der Waals surface area contributed by atoms with Crippen LogP contribution >= 0.6 is 0 Å². The third-order valence-corrected chi connectivity index (χ3v) is 4.16. The predicted octanol–water partition coefficient (Wildman–Crippen LogP) is 3.71. The zero-order valence-corrected chi connectivity index (χ0v) is 14.1. The maximum absolute atomic E-state index is 12.2. The van der Waals surface area contributed by atoms with Crippen molar-refractivity contribution in [3.8, 4) is 5.69 Å². The number of ether oxygens (including phenoxy) is 1. The zero-order chi connectivity index (χ0) is 17.8. The molecule has 0 aliphatic rings. The normalized spacial score (nSPS) is 10.8. The Morgan fingerprint density at radius 2 is 1.81 bits per heavy atom. The van der Waals surface area contributed by atoms with E-state index in [0.717, 1.165) is 27.7 Å². The minimum absolute atomic E-state index is 0.208. The van der Waals surface area contributed by atoms with E-state index in [0.29, 0.717) is 0 Å². The molecule has 0 N–H and O–H groups in total. The van der Waals surface area contributed by atoms with E-state index in [2.05, 4.69) is 10.1 Å². The van der Waals surface area contributed by atoms with Gasteiger partial charge in [0.15, 0.2) is 0 Å². The number of fused-ring (bicyclic) bond motifs is 1. The molecule has 128 valence electrons. The van der Waals surface area contributed by atoms with Crippen molar-refractivity contribution in [1.29, 1.82) is 0 Å². The lowest BCUT2D eigenvalue weighted by Crippen LogP contribution is -2.08. The molecule has 26 heavy (non-hydrogen) atoms. The number of para-hydroxylation sites is 1. The molecule has 0 radical (unpaired) electrons. The molecule has 5 heteroatoms. The summed E-state index contributed by atoms with van der Waals surface area (Å²) < 4.78 is 7.20. The Kier molecular flexibility index (Phi) is 4.43. The van der Waals surface area contributed by atoms with Gasteiger partial charge in [-0.05, 0) is 35.4 Å². The highest BCUT2D eigenvalue weighted by molar-refractivity contribution is 5.85. The number of hydrogen-bond donors (Lipinski definition) is 0. The number of rotatable bonds is 5. The Balaban J connectivity index is 1.39. The molecule has 0 fully saturated rings. The van der Waals surface area contributed by atoms with Crippen molar-refractivity contribution in [3.05, 3.63) is 90.4 Å². The lowest BCUT2D eigenvalue weighted by molar-refractivity contribution is -0.144. The Bertz CT molecular complexity index is 1020. The van der Waals surface area contributed by atoms with Crippen molar-refractivity contribution in [2.45, 2.75) is 13.0 Å². The molecule has 0 saturated heterocycles. The molecule has 0 unspecified atom stereocenters. The summed E-state index contributed by atoms with van der Waals surface area (Å²) >= 11 is 0. The molecule has 0 aliphatic heterocycles. The molecule has 4 rings (SSSR count). The van der Waals surface area contributed by atoms with Crippen LogP contribution < -0.4 is 0 Å². The largest absolute Gasteiger partial charge is 0.461 e. The quantitative estimate of drug-likeness (QED) is 0.518. The highest BCUT2D eigenvalue weighted by Gasteiger charge is 2.09. The fourth-order valence-corrected chi connectivity index (χ4v) is 2.85. The van der Waals surface area contributed by atoms with Crippen LogP contribution in [0.4, 0.5) is 0 Å². The van der Waals surface area contributed by atoms with E-state index in [1.165, 1.54) is 0 Å². The summed E-state index contributed by atoms with van der Waals surface area (Å²) in [6.07, 6.45) is 5.56. The number of carbonyl (C=O) groups is 1. The smallest absolute Gasteiger partial charge is 0.310 e. The van der Waals surface area contributed by atoms with Crippen LogP contribution in [0.2, 0.25) is 0 Å². The van der Waals surface area contributed by atoms with Crippen molar-refractivity contribution in [1.82, 2.24) is 14.8 Å². The van der Waals surface area contributed by atoms with Gasteiger partial charge in [0.2, 0.25) is 0 Å². The first-order valence-corrected chi connectivity index (χ1v) is 8.37. The molecular formula is C21H17N3O2. The van der Waals surface area contributed by atoms with Crippen LogP contribution in [-0.4, -0.2) is 20.7 Å². The first-order valence-electron chi connectivity index (χ1n) is 8.37. The first-order chi connectivity index (χ1) is 12.8. The van der Waals surface area contributed by atoms with E-state index in [4.69, 9.17) is 4.74 Å². The summed E-state index contributed by atoms with van der Waals surface area (Å²) in [6.45, 7) is 0.246. The second-order valence-electron chi connectivity index (χ2n) is 5.95. The summed E-state index contributed by atoms with van der Waals surface area (Å²) in [5.41, 5.74) is 3.62. The fraction of sp³-hybridized carbons (Fsp3) is 0.0952. The van der Waals surface area contributed by atoms with E-state index < -0.39 is 0 Å². The van der Waals surface area contributed by atoms with Gasteiger partial charge in [-0.2, -0.15) is 5.10 Å². The van der Waals surface area contributed by atoms with Crippen LogP contribution in [0, 0.1) is 0 Å². The third kappa shape index (κ3) is 3.47. The monoisotopic (exact) mass is 343 g/mol. The Morgan fingerprint density at radius 3 is 2.62 bits per heavy atom. The molecule has 0 spiro atoms. The Hall–Kier alpha value is -3.47. The van der Waals surface area contributed by atoms with Crippen LogP contribution in [-0.2, 0) is 22.6 Å². The molecule has 0 atom stereocenters. The first kappa shape index (κ1) is 16.0. The number of aromatic nitrogens is 3. The molecular weight excluding hydrogens is 326 g/mol. The molecule has 2 aromatic heterocycles. The van der Waals surface area contributed by atoms with Gasteiger partial charge in [-0.1, -0.05) is 36.4 Å². The van der Waals surface area contributed by atoms with Gasteiger partial charge in [-0.15, -0.1) is 0 Å². The molecule has 4 aromatic rings. The van der Waals surface area contributed by atoms with E-state index in [1.54, 1.807) is 17.1 Å². The Labute approximate surface area is 150 Å². The maximum atomic E-state index is 12.2. The van der Waals surface area contributed by atoms with Crippen LogP contribution in [0.15, 0.2) is 79.3 Å². The van der Waals surface area contributed by atoms with Gasteiger partial charge in [-0.25, -0.2) is 4.68 Å². The summed E-state index contributed by atoms with van der Waals surface area (Å²) in [5.74, 6) is -0.265. The summed E-state index contributed by atoms with van der Waals surface area (Å²) in [7, 11) is 0. The van der Waals surface area contributed by atoms with Gasteiger partial charge in [0.25, 0.3) is 0 Å². The highest BCUT2D eigenvalue weighted by atomic mass is 16.5. The molecule has 2 aromatic carbocycles. The topological polar surface area (TPSA) is 57.0 Å². The van der Waals surface area contributed by atoms with Crippen LogP contribution in [0.5, 0.6) is 0 Å². The maximum Gasteiger partial charge on any atom is 0.310 e. The van der Waals surface area contributed by atoms with Gasteiger partial charge in [0.05, 0.1) is 17.6 Å². The summed E-state index contributed by atoms with van der Waals surface area (Å²) in [5, 5.41) is 5.21. The summed E-state index contributed by atoms with van der Waals surface area (Å²) in [6, 6.07) is 19.3. The van der Waals surface area contributed by atoms with Crippen molar-refractivity contribution in [2.75, 3.05) is 0 Å². The van der Waals surface area contributed by atoms with E-state index in [1.807, 2.05) is 66.9 Å². The number of pyridine rings is 1. The van der Waals surface area contributed by atoms with E-state index in [9.17, 15) is 4.79 Å². The average Bonchev–Trinajstić information content (AvgIpc) is 3.22. The Morgan fingerprint density at radius 1 is 0.962 bits per heavy atom. The zero-order valence-electron chi connectivity index (χ0n) is 14.1. The standard InChI is InChI=1S/C21H17N3O2/c25-20(14-18-5-1-4-17-6-2-11-22-21(17)18)26-15-16-7-9-19(10-8-16)24-13-3-12-23-24/h1-13H,14-15H2.